The molecule has 2 rings (SSSR count). The van der Waals surface area contributed by atoms with Crippen LogP contribution in [0.4, 0.5) is 0 Å². The molecule has 1 atom stereocenters. The van der Waals surface area contributed by atoms with Crippen molar-refractivity contribution < 1.29 is 9.90 Å². The molecule has 0 aromatic heterocycles. The maximum atomic E-state index is 11.2. The van der Waals surface area contributed by atoms with Crippen LogP contribution in [0.5, 0.6) is 0 Å². The van der Waals surface area contributed by atoms with Crippen LogP contribution in [0.25, 0.3) is 0 Å². The Morgan fingerprint density at radius 2 is 2.00 bits per heavy atom. The zero-order valence-electron chi connectivity index (χ0n) is 9.43. The van der Waals surface area contributed by atoms with Crippen LogP contribution in [-0.2, 0) is 11.2 Å². The fraction of sp³-hybridized carbons (Fsp3) is 0.500. The standard InChI is InChI=1S/C14H18O2/c15-14(16)13(10-12-7-4-8-12)9-11-5-2-1-3-6-11/h1-3,5-6,12-13H,4,7-10H2,(H,15,16). The first-order valence-corrected chi connectivity index (χ1v) is 6.02. The Morgan fingerprint density at radius 3 is 2.50 bits per heavy atom. The lowest BCUT2D eigenvalue weighted by atomic mass is 9.77. The van der Waals surface area contributed by atoms with Crippen molar-refractivity contribution in [1.82, 2.24) is 0 Å². The second kappa shape index (κ2) is 5.15. The van der Waals surface area contributed by atoms with Crippen LogP contribution in [0.15, 0.2) is 30.3 Å². The smallest absolute Gasteiger partial charge is 0.306 e. The summed E-state index contributed by atoms with van der Waals surface area (Å²) >= 11 is 0. The van der Waals surface area contributed by atoms with E-state index >= 15 is 0 Å². The molecule has 16 heavy (non-hydrogen) atoms. The first-order chi connectivity index (χ1) is 7.75. The van der Waals surface area contributed by atoms with Crippen molar-refractivity contribution in [3.63, 3.8) is 0 Å². The van der Waals surface area contributed by atoms with Gasteiger partial charge in [-0.15, -0.1) is 0 Å². The third-order valence-corrected chi connectivity index (χ3v) is 3.52. The largest absolute Gasteiger partial charge is 0.481 e. The Kier molecular flexibility index (Phi) is 3.60. The van der Waals surface area contributed by atoms with E-state index in [-0.39, 0.29) is 5.92 Å². The topological polar surface area (TPSA) is 37.3 Å². The molecule has 1 aromatic rings. The predicted molar refractivity (Wildman–Crippen MR) is 63.2 cm³/mol. The number of rotatable bonds is 5. The van der Waals surface area contributed by atoms with E-state index in [1.807, 2.05) is 30.3 Å². The zero-order chi connectivity index (χ0) is 11.4. The number of carboxylic acid groups (broad SMARTS) is 1. The molecule has 0 bridgehead atoms. The van der Waals surface area contributed by atoms with E-state index in [2.05, 4.69) is 0 Å². The van der Waals surface area contributed by atoms with E-state index < -0.39 is 5.97 Å². The van der Waals surface area contributed by atoms with Gasteiger partial charge in [0, 0.05) is 0 Å². The highest BCUT2D eigenvalue weighted by Crippen LogP contribution is 2.33. The van der Waals surface area contributed by atoms with Crippen LogP contribution in [0.2, 0.25) is 0 Å². The molecule has 0 amide bonds. The van der Waals surface area contributed by atoms with E-state index in [1.165, 1.54) is 19.3 Å². The van der Waals surface area contributed by atoms with Crippen LogP contribution in [0, 0.1) is 11.8 Å². The lowest BCUT2D eigenvalue weighted by Crippen LogP contribution is -2.23. The molecule has 0 saturated heterocycles. The van der Waals surface area contributed by atoms with Gasteiger partial charge in [0.1, 0.15) is 0 Å². The second-order valence-corrected chi connectivity index (χ2v) is 4.76. The molecule has 0 heterocycles. The minimum Gasteiger partial charge on any atom is -0.481 e. The van der Waals surface area contributed by atoms with Crippen LogP contribution >= 0.6 is 0 Å². The first-order valence-electron chi connectivity index (χ1n) is 6.02. The van der Waals surface area contributed by atoms with Crippen LogP contribution in [-0.4, -0.2) is 11.1 Å². The molecule has 0 radical (unpaired) electrons. The fourth-order valence-corrected chi connectivity index (χ4v) is 2.30. The average molecular weight is 218 g/mol. The maximum Gasteiger partial charge on any atom is 0.306 e. The van der Waals surface area contributed by atoms with Gasteiger partial charge in [0.05, 0.1) is 5.92 Å². The van der Waals surface area contributed by atoms with Crippen molar-refractivity contribution in [2.75, 3.05) is 0 Å². The summed E-state index contributed by atoms with van der Waals surface area (Å²) in [7, 11) is 0. The molecule has 1 N–H and O–H groups in total. The highest BCUT2D eigenvalue weighted by molar-refractivity contribution is 5.70. The van der Waals surface area contributed by atoms with E-state index in [9.17, 15) is 9.90 Å². The number of carboxylic acids is 1. The molecule has 1 aromatic carbocycles. The quantitative estimate of drug-likeness (QED) is 0.824. The molecule has 86 valence electrons. The van der Waals surface area contributed by atoms with Crippen molar-refractivity contribution >= 4 is 5.97 Å². The SMILES string of the molecule is O=C(O)C(Cc1ccccc1)CC1CCC1. The Balaban J connectivity index is 1.94. The van der Waals surface area contributed by atoms with E-state index in [0.29, 0.717) is 12.3 Å². The summed E-state index contributed by atoms with van der Waals surface area (Å²) in [6.45, 7) is 0. The zero-order valence-corrected chi connectivity index (χ0v) is 9.43. The summed E-state index contributed by atoms with van der Waals surface area (Å²) in [4.78, 5) is 11.2. The van der Waals surface area contributed by atoms with E-state index in [1.54, 1.807) is 0 Å². The second-order valence-electron chi connectivity index (χ2n) is 4.76. The van der Waals surface area contributed by atoms with Gasteiger partial charge in [0.2, 0.25) is 0 Å². The summed E-state index contributed by atoms with van der Waals surface area (Å²) in [6.07, 6.45) is 5.25. The van der Waals surface area contributed by atoms with E-state index in [0.717, 1.165) is 12.0 Å². The van der Waals surface area contributed by atoms with Gasteiger partial charge in [-0.25, -0.2) is 0 Å². The molecule has 2 nitrogen and oxygen atoms in total. The molecule has 2 heteroatoms. The summed E-state index contributed by atoms with van der Waals surface area (Å²) in [5.74, 6) is -0.187. The molecule has 1 fully saturated rings. The van der Waals surface area contributed by atoms with Crippen LogP contribution < -0.4 is 0 Å². The monoisotopic (exact) mass is 218 g/mol. The average Bonchev–Trinajstić information content (AvgIpc) is 2.22. The summed E-state index contributed by atoms with van der Waals surface area (Å²) < 4.78 is 0. The van der Waals surface area contributed by atoms with Gasteiger partial charge >= 0.3 is 5.97 Å². The van der Waals surface area contributed by atoms with Crippen LogP contribution in [0.3, 0.4) is 0 Å². The number of carbonyl (C=O) groups is 1. The lowest BCUT2D eigenvalue weighted by Gasteiger charge is -2.28. The Hall–Kier alpha value is -1.31. The number of hydrogen-bond donors (Lipinski definition) is 1. The lowest BCUT2D eigenvalue weighted by molar-refractivity contribution is -0.142. The molecule has 1 aliphatic carbocycles. The van der Waals surface area contributed by atoms with Gasteiger partial charge in [-0.1, -0.05) is 49.6 Å². The van der Waals surface area contributed by atoms with Crippen molar-refractivity contribution in [1.29, 1.82) is 0 Å². The molecule has 0 aliphatic heterocycles. The van der Waals surface area contributed by atoms with Gasteiger partial charge in [-0.3, -0.25) is 4.79 Å². The minimum atomic E-state index is -0.643. The summed E-state index contributed by atoms with van der Waals surface area (Å²) in [6, 6.07) is 9.92. The highest BCUT2D eigenvalue weighted by atomic mass is 16.4. The van der Waals surface area contributed by atoms with Crippen molar-refractivity contribution in [3.8, 4) is 0 Å². The third-order valence-electron chi connectivity index (χ3n) is 3.52. The Bertz CT molecular complexity index is 341. The van der Waals surface area contributed by atoms with Crippen molar-refractivity contribution in [2.24, 2.45) is 11.8 Å². The fourth-order valence-electron chi connectivity index (χ4n) is 2.30. The van der Waals surface area contributed by atoms with Gasteiger partial charge in [0.25, 0.3) is 0 Å². The first kappa shape index (κ1) is 11.2. The third kappa shape index (κ3) is 2.84. The maximum absolute atomic E-state index is 11.2. The highest BCUT2D eigenvalue weighted by Gasteiger charge is 2.26. The summed E-state index contributed by atoms with van der Waals surface area (Å²) in [5.41, 5.74) is 1.13. The Labute approximate surface area is 96.3 Å². The summed E-state index contributed by atoms with van der Waals surface area (Å²) in [5, 5.41) is 9.20. The number of aliphatic carboxylic acids is 1. The van der Waals surface area contributed by atoms with Gasteiger partial charge in [0.15, 0.2) is 0 Å². The van der Waals surface area contributed by atoms with Crippen LogP contribution in [0.1, 0.15) is 31.2 Å². The molecule has 1 unspecified atom stereocenters. The van der Waals surface area contributed by atoms with Gasteiger partial charge in [-0.2, -0.15) is 0 Å². The number of benzene rings is 1. The molecule has 1 aliphatic rings. The molecule has 0 spiro atoms. The molecule has 1 saturated carbocycles. The Morgan fingerprint density at radius 1 is 1.31 bits per heavy atom. The van der Waals surface area contributed by atoms with Gasteiger partial charge in [-0.05, 0) is 24.3 Å². The predicted octanol–water partition coefficient (Wildman–Crippen LogP) is 3.12. The van der Waals surface area contributed by atoms with E-state index in [4.69, 9.17) is 0 Å². The van der Waals surface area contributed by atoms with Crippen molar-refractivity contribution in [3.05, 3.63) is 35.9 Å². The van der Waals surface area contributed by atoms with Crippen molar-refractivity contribution in [2.45, 2.75) is 32.1 Å². The molecular formula is C14H18O2. The normalized spacial score (nSPS) is 17.8. The minimum absolute atomic E-state index is 0.201. The molecular weight excluding hydrogens is 200 g/mol. The number of hydrogen-bond acceptors (Lipinski definition) is 1. The van der Waals surface area contributed by atoms with Gasteiger partial charge < -0.3 is 5.11 Å².